The summed E-state index contributed by atoms with van der Waals surface area (Å²) in [5.74, 6) is 0.644. The highest BCUT2D eigenvalue weighted by Crippen LogP contribution is 2.41. The van der Waals surface area contributed by atoms with Crippen molar-refractivity contribution in [2.45, 2.75) is 0 Å². The standard InChI is InChI=1S/C46H27N3O2/c1-5-17-38-30(11-1)31-12-2-6-18-39(31)49(38)29-25-23-28(24-26-29)46-47-36(32-15-9-21-42-44(32)34-13-3-7-19-40(34)50-42)27-37(48-46)33-16-10-22-43-45(33)35-14-4-8-20-41(35)51-43/h1-27H. The minimum Gasteiger partial charge on any atom is -0.456 e. The van der Waals surface area contributed by atoms with Gasteiger partial charge in [-0.25, -0.2) is 9.97 Å². The van der Waals surface area contributed by atoms with Gasteiger partial charge in [0.15, 0.2) is 5.82 Å². The fourth-order valence-corrected chi connectivity index (χ4v) is 7.79. The molecule has 0 atom stereocenters. The van der Waals surface area contributed by atoms with Crippen LogP contribution in [0.25, 0.3) is 105 Å². The fraction of sp³-hybridized carbons (Fsp3) is 0. The molecular weight excluding hydrogens is 627 g/mol. The van der Waals surface area contributed by atoms with E-state index in [1.807, 2.05) is 60.7 Å². The Kier molecular flexibility index (Phi) is 5.89. The molecule has 51 heavy (non-hydrogen) atoms. The SMILES string of the molecule is c1ccc2c(c1)oc1cccc(-c3cc(-c4cccc5oc6ccccc6c45)nc(-c4ccc(-n5c6ccccc6c6ccccc65)cc4)n3)c12. The predicted octanol–water partition coefficient (Wildman–Crippen LogP) is 12.4. The van der Waals surface area contributed by atoms with E-state index in [0.717, 1.165) is 77.6 Å². The number of furan rings is 2. The largest absolute Gasteiger partial charge is 0.456 e. The lowest BCUT2D eigenvalue weighted by Crippen LogP contribution is -1.98. The third kappa shape index (κ3) is 4.22. The fourth-order valence-electron chi connectivity index (χ4n) is 7.79. The van der Waals surface area contributed by atoms with Crippen molar-refractivity contribution >= 4 is 65.7 Å². The predicted molar refractivity (Wildman–Crippen MR) is 207 cm³/mol. The van der Waals surface area contributed by atoms with Crippen LogP contribution in [0.1, 0.15) is 0 Å². The van der Waals surface area contributed by atoms with Gasteiger partial charge in [-0.3, -0.25) is 0 Å². The van der Waals surface area contributed by atoms with Gasteiger partial charge in [0.2, 0.25) is 0 Å². The molecule has 0 aliphatic heterocycles. The quantitative estimate of drug-likeness (QED) is 0.190. The van der Waals surface area contributed by atoms with Crippen molar-refractivity contribution in [2.24, 2.45) is 0 Å². The van der Waals surface area contributed by atoms with E-state index in [-0.39, 0.29) is 0 Å². The minimum absolute atomic E-state index is 0.644. The highest BCUT2D eigenvalue weighted by molar-refractivity contribution is 6.14. The molecule has 0 spiro atoms. The van der Waals surface area contributed by atoms with Gasteiger partial charge >= 0.3 is 0 Å². The smallest absolute Gasteiger partial charge is 0.160 e. The van der Waals surface area contributed by atoms with Crippen molar-refractivity contribution in [2.75, 3.05) is 0 Å². The van der Waals surface area contributed by atoms with E-state index in [2.05, 4.69) is 108 Å². The molecule has 0 saturated carbocycles. The second-order valence-corrected chi connectivity index (χ2v) is 12.9. The molecule has 5 nitrogen and oxygen atoms in total. The number of rotatable bonds is 4. The minimum atomic E-state index is 0.644. The van der Waals surface area contributed by atoms with Crippen molar-refractivity contribution in [1.29, 1.82) is 0 Å². The van der Waals surface area contributed by atoms with Crippen LogP contribution >= 0.6 is 0 Å². The molecule has 4 heterocycles. The van der Waals surface area contributed by atoms with Crippen LogP contribution in [0.4, 0.5) is 0 Å². The zero-order chi connectivity index (χ0) is 33.5. The summed E-state index contributed by atoms with van der Waals surface area (Å²) >= 11 is 0. The Balaban J connectivity index is 1.14. The maximum absolute atomic E-state index is 6.29. The molecule has 0 unspecified atom stereocenters. The maximum Gasteiger partial charge on any atom is 0.160 e. The van der Waals surface area contributed by atoms with Crippen LogP contribution in [0.5, 0.6) is 0 Å². The summed E-state index contributed by atoms with van der Waals surface area (Å²) in [6.45, 7) is 0. The summed E-state index contributed by atoms with van der Waals surface area (Å²) < 4.78 is 14.9. The molecule has 11 aromatic rings. The number of hydrogen-bond donors (Lipinski definition) is 0. The zero-order valence-corrected chi connectivity index (χ0v) is 27.2. The van der Waals surface area contributed by atoms with Gasteiger partial charge in [-0.05, 0) is 66.7 Å². The Morgan fingerprint density at radius 1 is 0.392 bits per heavy atom. The Morgan fingerprint density at radius 3 is 1.37 bits per heavy atom. The highest BCUT2D eigenvalue weighted by atomic mass is 16.3. The Labute approximate surface area is 291 Å². The number of para-hydroxylation sites is 4. The molecule has 0 radical (unpaired) electrons. The number of nitrogens with zero attached hydrogens (tertiary/aromatic N) is 3. The van der Waals surface area contributed by atoms with E-state index in [1.54, 1.807) is 0 Å². The molecule has 4 aromatic heterocycles. The van der Waals surface area contributed by atoms with E-state index >= 15 is 0 Å². The molecule has 5 heteroatoms. The third-order valence-corrected chi connectivity index (χ3v) is 10.0. The zero-order valence-electron chi connectivity index (χ0n) is 27.2. The average Bonchev–Trinajstić information content (AvgIpc) is 3.87. The topological polar surface area (TPSA) is 57.0 Å². The number of benzene rings is 7. The van der Waals surface area contributed by atoms with E-state index in [4.69, 9.17) is 18.8 Å². The normalized spacial score (nSPS) is 11.9. The van der Waals surface area contributed by atoms with Crippen molar-refractivity contribution in [3.05, 3.63) is 164 Å². The van der Waals surface area contributed by atoms with Gasteiger partial charge in [0.05, 0.1) is 22.4 Å². The Hall–Kier alpha value is -6.98. The molecule has 0 N–H and O–H groups in total. The lowest BCUT2D eigenvalue weighted by molar-refractivity contribution is 0.668. The van der Waals surface area contributed by atoms with Gasteiger partial charge in [0, 0.05) is 54.7 Å². The van der Waals surface area contributed by atoms with Crippen LogP contribution < -0.4 is 0 Å². The monoisotopic (exact) mass is 653 g/mol. The molecule has 0 amide bonds. The van der Waals surface area contributed by atoms with Crippen LogP contribution in [0.3, 0.4) is 0 Å². The second kappa shape index (κ2) is 10.8. The average molecular weight is 654 g/mol. The van der Waals surface area contributed by atoms with Crippen molar-refractivity contribution in [3.63, 3.8) is 0 Å². The van der Waals surface area contributed by atoms with Gasteiger partial charge < -0.3 is 13.4 Å². The maximum atomic E-state index is 6.29. The summed E-state index contributed by atoms with van der Waals surface area (Å²) in [4.78, 5) is 10.6. The third-order valence-electron chi connectivity index (χ3n) is 10.0. The summed E-state index contributed by atoms with van der Waals surface area (Å²) in [5, 5.41) is 6.67. The molecule has 0 aliphatic rings. The van der Waals surface area contributed by atoms with Crippen LogP contribution in [0.2, 0.25) is 0 Å². The van der Waals surface area contributed by atoms with Gasteiger partial charge in [-0.1, -0.05) is 97.1 Å². The Bertz CT molecular complexity index is 2960. The van der Waals surface area contributed by atoms with E-state index in [9.17, 15) is 0 Å². The first-order valence-electron chi connectivity index (χ1n) is 17.1. The molecule has 0 fully saturated rings. The van der Waals surface area contributed by atoms with Gasteiger partial charge in [0.25, 0.3) is 0 Å². The first-order chi connectivity index (χ1) is 25.3. The van der Waals surface area contributed by atoms with Crippen LogP contribution in [0, 0.1) is 0 Å². The van der Waals surface area contributed by atoms with E-state index < -0.39 is 0 Å². The summed E-state index contributed by atoms with van der Waals surface area (Å²) in [7, 11) is 0. The van der Waals surface area contributed by atoms with Crippen molar-refractivity contribution in [1.82, 2.24) is 14.5 Å². The van der Waals surface area contributed by atoms with Crippen molar-refractivity contribution < 1.29 is 8.83 Å². The van der Waals surface area contributed by atoms with Gasteiger partial charge in [-0.2, -0.15) is 0 Å². The van der Waals surface area contributed by atoms with Gasteiger partial charge in [-0.15, -0.1) is 0 Å². The molecule has 11 rings (SSSR count). The first kappa shape index (κ1) is 27.9. The number of fused-ring (bicyclic) bond motifs is 9. The lowest BCUT2D eigenvalue weighted by atomic mass is 9.99. The number of aromatic nitrogens is 3. The summed E-state index contributed by atoms with van der Waals surface area (Å²) in [6.07, 6.45) is 0. The Morgan fingerprint density at radius 2 is 0.843 bits per heavy atom. The molecule has 0 saturated heterocycles. The summed E-state index contributed by atoms with van der Waals surface area (Å²) in [6, 6.07) is 56.5. The van der Waals surface area contributed by atoms with E-state index in [1.165, 1.54) is 21.8 Å². The highest BCUT2D eigenvalue weighted by Gasteiger charge is 2.19. The second-order valence-electron chi connectivity index (χ2n) is 12.9. The van der Waals surface area contributed by atoms with Gasteiger partial charge in [0.1, 0.15) is 22.3 Å². The van der Waals surface area contributed by atoms with Crippen molar-refractivity contribution in [3.8, 4) is 39.6 Å². The molecule has 0 aliphatic carbocycles. The molecule has 7 aromatic carbocycles. The van der Waals surface area contributed by atoms with Crippen LogP contribution in [-0.4, -0.2) is 14.5 Å². The first-order valence-corrected chi connectivity index (χ1v) is 17.1. The van der Waals surface area contributed by atoms with Crippen LogP contribution in [0.15, 0.2) is 173 Å². The number of hydrogen-bond acceptors (Lipinski definition) is 4. The molecule has 0 bridgehead atoms. The molecule has 238 valence electrons. The molecular formula is C46H27N3O2. The van der Waals surface area contributed by atoms with E-state index in [0.29, 0.717) is 5.82 Å². The summed E-state index contributed by atoms with van der Waals surface area (Å²) in [5.41, 5.74) is 11.3. The lowest BCUT2D eigenvalue weighted by Gasteiger charge is -2.12. The van der Waals surface area contributed by atoms with Crippen LogP contribution in [-0.2, 0) is 0 Å².